The largest absolute Gasteiger partial charge is 0.475 e. The number of carbonyl (C=O) groups excluding carboxylic acids is 1. The van der Waals surface area contributed by atoms with Crippen molar-refractivity contribution in [2.24, 2.45) is 0 Å². The van der Waals surface area contributed by atoms with Crippen molar-refractivity contribution in [3.05, 3.63) is 23.2 Å². The predicted molar refractivity (Wildman–Crippen MR) is 64.5 cm³/mol. The van der Waals surface area contributed by atoms with Crippen LogP contribution in [0.4, 0.5) is 0 Å². The van der Waals surface area contributed by atoms with E-state index < -0.39 is 33.3 Å². The second-order valence-corrected chi connectivity index (χ2v) is 5.90. The molecule has 0 unspecified atom stereocenters. The van der Waals surface area contributed by atoms with Crippen LogP contribution in [0.5, 0.6) is 0 Å². The van der Waals surface area contributed by atoms with Crippen molar-refractivity contribution in [1.29, 1.82) is 0 Å². The fraction of sp³-hybridized carbons (Fsp3) is 0.455. The van der Waals surface area contributed by atoms with Crippen molar-refractivity contribution in [3.63, 3.8) is 0 Å². The maximum absolute atomic E-state index is 11.7. The van der Waals surface area contributed by atoms with E-state index in [2.05, 4.69) is 4.74 Å². The highest BCUT2D eigenvalue weighted by Gasteiger charge is 2.22. The summed E-state index contributed by atoms with van der Waals surface area (Å²) < 4.78 is 32.9. The molecule has 0 aliphatic carbocycles. The van der Waals surface area contributed by atoms with Crippen LogP contribution >= 0.6 is 0 Å². The first-order valence-corrected chi connectivity index (χ1v) is 7.26. The molecular weight excluding hydrogens is 276 g/mol. The monoisotopic (exact) mass is 290 g/mol. The first-order valence-electron chi connectivity index (χ1n) is 5.44. The summed E-state index contributed by atoms with van der Waals surface area (Å²) in [4.78, 5) is 21.8. The van der Waals surface area contributed by atoms with Crippen LogP contribution in [-0.2, 0) is 25.1 Å². The number of carbonyl (C=O) groups is 2. The van der Waals surface area contributed by atoms with Gasteiger partial charge in [0.05, 0.1) is 12.4 Å². The summed E-state index contributed by atoms with van der Waals surface area (Å²) in [6.07, 6.45) is 0. The van der Waals surface area contributed by atoms with Gasteiger partial charge in [0.1, 0.15) is 11.5 Å². The molecule has 0 saturated heterocycles. The van der Waals surface area contributed by atoms with E-state index in [1.807, 2.05) is 0 Å². The Balaban J connectivity index is 2.84. The molecule has 0 radical (unpaired) electrons. The van der Waals surface area contributed by atoms with E-state index >= 15 is 0 Å². The zero-order valence-electron chi connectivity index (χ0n) is 10.5. The standard InChI is InChI=1S/C11H14O7S/c1-3-17-10(12)6-19(15,16)5-8-4-9(11(13)14)18-7(8)2/h4H,3,5-6H2,1-2H3,(H,13,14). The van der Waals surface area contributed by atoms with Gasteiger partial charge in [0.25, 0.3) is 0 Å². The van der Waals surface area contributed by atoms with Crippen LogP contribution in [0.3, 0.4) is 0 Å². The SMILES string of the molecule is CCOC(=O)CS(=O)(=O)Cc1cc(C(=O)O)oc1C. The van der Waals surface area contributed by atoms with Gasteiger partial charge < -0.3 is 14.3 Å². The average molecular weight is 290 g/mol. The zero-order chi connectivity index (χ0) is 14.6. The molecule has 0 aromatic carbocycles. The number of hydrogen-bond donors (Lipinski definition) is 1. The van der Waals surface area contributed by atoms with E-state index in [0.29, 0.717) is 0 Å². The Kier molecular flexibility index (Phi) is 4.71. The first-order chi connectivity index (χ1) is 8.75. The van der Waals surface area contributed by atoms with Gasteiger partial charge in [-0.15, -0.1) is 0 Å². The molecular formula is C11H14O7S. The van der Waals surface area contributed by atoms with Crippen molar-refractivity contribution in [3.8, 4) is 0 Å². The minimum Gasteiger partial charge on any atom is -0.475 e. The number of aryl methyl sites for hydroxylation is 1. The molecule has 19 heavy (non-hydrogen) atoms. The molecule has 0 saturated carbocycles. The molecule has 0 aliphatic heterocycles. The van der Waals surface area contributed by atoms with Gasteiger partial charge in [0.2, 0.25) is 5.76 Å². The van der Waals surface area contributed by atoms with Crippen LogP contribution in [0.15, 0.2) is 10.5 Å². The predicted octanol–water partition coefficient (Wildman–Crippen LogP) is 0.764. The summed E-state index contributed by atoms with van der Waals surface area (Å²) >= 11 is 0. The van der Waals surface area contributed by atoms with Crippen molar-refractivity contribution >= 4 is 21.8 Å². The van der Waals surface area contributed by atoms with E-state index in [1.165, 1.54) is 6.92 Å². The van der Waals surface area contributed by atoms with E-state index in [0.717, 1.165) is 6.07 Å². The molecule has 1 aromatic heterocycles. The van der Waals surface area contributed by atoms with Crippen molar-refractivity contribution in [2.75, 3.05) is 12.4 Å². The van der Waals surface area contributed by atoms with Crippen LogP contribution in [0.1, 0.15) is 28.8 Å². The lowest BCUT2D eigenvalue weighted by Crippen LogP contribution is -2.20. The Labute approximate surface area is 110 Å². The van der Waals surface area contributed by atoms with Crippen LogP contribution in [0.25, 0.3) is 0 Å². The Morgan fingerprint density at radius 2 is 2.05 bits per heavy atom. The smallest absolute Gasteiger partial charge is 0.371 e. The van der Waals surface area contributed by atoms with Crippen LogP contribution in [-0.4, -0.2) is 37.8 Å². The topological polar surface area (TPSA) is 111 Å². The Bertz CT molecular complexity index is 582. The zero-order valence-corrected chi connectivity index (χ0v) is 11.3. The molecule has 0 aliphatic rings. The molecule has 1 aromatic rings. The van der Waals surface area contributed by atoms with Gasteiger partial charge in [-0.3, -0.25) is 4.79 Å². The molecule has 7 nitrogen and oxygen atoms in total. The normalized spacial score (nSPS) is 11.3. The summed E-state index contributed by atoms with van der Waals surface area (Å²) in [6, 6.07) is 1.14. The van der Waals surface area contributed by atoms with Crippen LogP contribution < -0.4 is 0 Å². The van der Waals surface area contributed by atoms with E-state index in [1.54, 1.807) is 6.92 Å². The summed E-state index contributed by atoms with van der Waals surface area (Å²) in [6.45, 7) is 3.13. The number of carboxylic acids is 1. The molecule has 1 heterocycles. The number of rotatable bonds is 6. The molecule has 0 bridgehead atoms. The van der Waals surface area contributed by atoms with Crippen molar-refractivity contribution in [2.45, 2.75) is 19.6 Å². The summed E-state index contributed by atoms with van der Waals surface area (Å²) in [5.74, 6) is -3.45. The van der Waals surface area contributed by atoms with Gasteiger partial charge in [-0.25, -0.2) is 13.2 Å². The number of furan rings is 1. The van der Waals surface area contributed by atoms with Gasteiger partial charge in [-0.1, -0.05) is 0 Å². The van der Waals surface area contributed by atoms with E-state index in [9.17, 15) is 18.0 Å². The highest BCUT2D eigenvalue weighted by molar-refractivity contribution is 7.91. The quantitative estimate of drug-likeness (QED) is 0.770. The fourth-order valence-electron chi connectivity index (χ4n) is 1.44. The summed E-state index contributed by atoms with van der Waals surface area (Å²) in [5.41, 5.74) is 0.224. The molecule has 8 heteroatoms. The average Bonchev–Trinajstić information content (AvgIpc) is 2.59. The molecule has 0 amide bonds. The first kappa shape index (κ1) is 15.2. The Morgan fingerprint density at radius 3 is 2.53 bits per heavy atom. The number of carboxylic acid groups (broad SMARTS) is 1. The van der Waals surface area contributed by atoms with Crippen molar-refractivity contribution < 1.29 is 32.3 Å². The van der Waals surface area contributed by atoms with Gasteiger partial charge in [0.15, 0.2) is 9.84 Å². The Morgan fingerprint density at radius 1 is 1.42 bits per heavy atom. The number of sulfone groups is 1. The van der Waals surface area contributed by atoms with Gasteiger partial charge in [0, 0.05) is 5.56 Å². The molecule has 1 N–H and O–H groups in total. The second kappa shape index (κ2) is 5.87. The Hall–Kier alpha value is -1.83. The lowest BCUT2D eigenvalue weighted by Gasteiger charge is -2.03. The van der Waals surface area contributed by atoms with Crippen molar-refractivity contribution in [1.82, 2.24) is 0 Å². The second-order valence-electron chi connectivity index (χ2n) is 3.83. The van der Waals surface area contributed by atoms with Gasteiger partial charge in [-0.2, -0.15) is 0 Å². The maximum Gasteiger partial charge on any atom is 0.371 e. The molecule has 0 atom stereocenters. The van der Waals surface area contributed by atoms with Crippen LogP contribution in [0, 0.1) is 6.92 Å². The number of ether oxygens (including phenoxy) is 1. The third kappa shape index (κ3) is 4.40. The molecule has 0 fully saturated rings. The highest BCUT2D eigenvalue weighted by atomic mass is 32.2. The maximum atomic E-state index is 11.7. The summed E-state index contributed by atoms with van der Waals surface area (Å²) in [7, 11) is -3.72. The number of aromatic carboxylic acids is 1. The van der Waals surface area contributed by atoms with E-state index in [4.69, 9.17) is 9.52 Å². The van der Waals surface area contributed by atoms with Gasteiger partial charge >= 0.3 is 11.9 Å². The molecule has 1 rings (SSSR count). The summed E-state index contributed by atoms with van der Waals surface area (Å²) in [5, 5.41) is 8.72. The molecule has 0 spiro atoms. The highest BCUT2D eigenvalue weighted by Crippen LogP contribution is 2.17. The molecule has 106 valence electrons. The fourth-order valence-corrected chi connectivity index (χ4v) is 2.74. The third-order valence-corrected chi connectivity index (χ3v) is 3.68. The minimum absolute atomic E-state index is 0.0995. The van der Waals surface area contributed by atoms with Gasteiger partial charge in [-0.05, 0) is 19.9 Å². The number of esters is 1. The third-order valence-electron chi connectivity index (χ3n) is 2.25. The number of hydrogen-bond acceptors (Lipinski definition) is 6. The minimum atomic E-state index is -3.72. The van der Waals surface area contributed by atoms with Crippen LogP contribution in [0.2, 0.25) is 0 Å². The lowest BCUT2D eigenvalue weighted by atomic mass is 10.3. The van der Waals surface area contributed by atoms with E-state index in [-0.39, 0.29) is 23.7 Å². The lowest BCUT2D eigenvalue weighted by molar-refractivity contribution is -0.139.